The second-order valence-corrected chi connectivity index (χ2v) is 4.26. The van der Waals surface area contributed by atoms with E-state index in [-0.39, 0.29) is 5.79 Å². The zero-order valence-electron chi connectivity index (χ0n) is 7.62. The highest BCUT2D eigenvalue weighted by atomic mass is 32.1. The van der Waals surface area contributed by atoms with Crippen LogP contribution in [-0.2, 0) is 9.47 Å². The Labute approximate surface area is 83.6 Å². The molecule has 0 atom stereocenters. The van der Waals surface area contributed by atoms with Gasteiger partial charge in [-0.05, 0) is 12.8 Å². The molecule has 1 saturated heterocycles. The van der Waals surface area contributed by atoms with E-state index in [0.717, 1.165) is 38.9 Å². The molecule has 2 rings (SSSR count). The van der Waals surface area contributed by atoms with Gasteiger partial charge in [0.2, 0.25) is 0 Å². The Bertz CT molecular complexity index is 204. The molecular formula is C9H15NO2S. The summed E-state index contributed by atoms with van der Waals surface area (Å²) >= 11 is 4.97. The van der Waals surface area contributed by atoms with Crippen LogP contribution in [0.3, 0.4) is 0 Å². The van der Waals surface area contributed by atoms with E-state index < -0.39 is 0 Å². The van der Waals surface area contributed by atoms with E-state index >= 15 is 0 Å². The number of hydrogen-bond acceptors (Lipinski definition) is 3. The highest BCUT2D eigenvalue weighted by Gasteiger charge is 2.40. The van der Waals surface area contributed by atoms with Crippen LogP contribution in [0.15, 0.2) is 0 Å². The van der Waals surface area contributed by atoms with Crippen LogP contribution in [0.2, 0.25) is 0 Å². The molecule has 0 unspecified atom stereocenters. The van der Waals surface area contributed by atoms with Gasteiger partial charge in [0.1, 0.15) is 0 Å². The molecule has 74 valence electrons. The van der Waals surface area contributed by atoms with Crippen molar-refractivity contribution in [2.45, 2.75) is 31.5 Å². The maximum atomic E-state index is 5.60. The molecule has 13 heavy (non-hydrogen) atoms. The van der Waals surface area contributed by atoms with Gasteiger partial charge in [-0.2, -0.15) is 0 Å². The summed E-state index contributed by atoms with van der Waals surface area (Å²) in [6.07, 6.45) is 3.90. The second kappa shape index (κ2) is 3.52. The fourth-order valence-electron chi connectivity index (χ4n) is 2.13. The predicted octanol–water partition coefficient (Wildman–Crippen LogP) is 1.21. The molecule has 0 bridgehead atoms. The lowest BCUT2D eigenvalue weighted by atomic mass is 9.85. The zero-order chi connectivity index (χ0) is 9.31. The number of rotatable bonds is 1. The number of hydrogen-bond donors (Lipinski definition) is 1. The topological polar surface area (TPSA) is 44.5 Å². The Morgan fingerprint density at radius 3 is 2.23 bits per heavy atom. The molecule has 1 spiro atoms. The first-order valence-corrected chi connectivity index (χ1v) is 5.20. The van der Waals surface area contributed by atoms with Crippen LogP contribution in [0.5, 0.6) is 0 Å². The average Bonchev–Trinajstić information content (AvgIpc) is 2.54. The monoisotopic (exact) mass is 201 g/mol. The van der Waals surface area contributed by atoms with Crippen LogP contribution in [0.1, 0.15) is 25.7 Å². The van der Waals surface area contributed by atoms with E-state index in [9.17, 15) is 0 Å². The van der Waals surface area contributed by atoms with Crippen LogP contribution in [-0.4, -0.2) is 24.0 Å². The van der Waals surface area contributed by atoms with Gasteiger partial charge in [-0.1, -0.05) is 12.2 Å². The lowest BCUT2D eigenvalue weighted by Gasteiger charge is -2.34. The molecule has 0 aromatic carbocycles. The summed E-state index contributed by atoms with van der Waals surface area (Å²) in [6.45, 7) is 1.47. The predicted molar refractivity (Wildman–Crippen MR) is 53.4 cm³/mol. The van der Waals surface area contributed by atoms with Gasteiger partial charge >= 0.3 is 0 Å². The summed E-state index contributed by atoms with van der Waals surface area (Å²) in [5.41, 5.74) is 5.60. The lowest BCUT2D eigenvalue weighted by Crippen LogP contribution is -2.38. The fraction of sp³-hybridized carbons (Fsp3) is 0.889. The van der Waals surface area contributed by atoms with Crippen molar-refractivity contribution < 1.29 is 9.47 Å². The normalized spacial score (nSPS) is 28.0. The second-order valence-electron chi connectivity index (χ2n) is 3.78. The van der Waals surface area contributed by atoms with Gasteiger partial charge < -0.3 is 15.2 Å². The van der Waals surface area contributed by atoms with Crippen LogP contribution < -0.4 is 5.73 Å². The SMILES string of the molecule is NC(=S)C1CCC2(CC1)OCCO2. The molecule has 0 amide bonds. The highest BCUT2D eigenvalue weighted by molar-refractivity contribution is 7.80. The molecule has 0 radical (unpaired) electrons. The van der Waals surface area contributed by atoms with Crippen molar-refractivity contribution in [2.75, 3.05) is 13.2 Å². The third kappa shape index (κ3) is 1.85. The molecular weight excluding hydrogens is 186 g/mol. The van der Waals surface area contributed by atoms with E-state index in [1.54, 1.807) is 0 Å². The molecule has 1 aliphatic heterocycles. The summed E-state index contributed by atoms with van der Waals surface area (Å²) in [6, 6.07) is 0. The smallest absolute Gasteiger partial charge is 0.168 e. The molecule has 0 aromatic heterocycles. The third-order valence-corrected chi connectivity index (χ3v) is 3.30. The molecule has 2 aliphatic rings. The summed E-state index contributed by atoms with van der Waals surface area (Å²) in [4.78, 5) is 0.646. The maximum absolute atomic E-state index is 5.60. The van der Waals surface area contributed by atoms with Gasteiger partial charge in [-0.25, -0.2) is 0 Å². The standard InChI is InChI=1S/C9H15NO2S/c10-8(13)7-1-3-9(4-2-7)11-5-6-12-9/h7H,1-6H2,(H2,10,13). The molecule has 0 aromatic rings. The quantitative estimate of drug-likeness (QED) is 0.648. The van der Waals surface area contributed by atoms with Crippen molar-refractivity contribution in [3.05, 3.63) is 0 Å². The van der Waals surface area contributed by atoms with Gasteiger partial charge in [0.25, 0.3) is 0 Å². The fourth-order valence-corrected chi connectivity index (χ4v) is 2.36. The van der Waals surface area contributed by atoms with Crippen LogP contribution in [0.4, 0.5) is 0 Å². The summed E-state index contributed by atoms with van der Waals surface area (Å²) in [5, 5.41) is 0. The van der Waals surface area contributed by atoms with Gasteiger partial charge in [-0.3, -0.25) is 0 Å². The van der Waals surface area contributed by atoms with Crippen molar-refractivity contribution in [3.63, 3.8) is 0 Å². The highest BCUT2D eigenvalue weighted by Crippen LogP contribution is 2.38. The van der Waals surface area contributed by atoms with Crippen molar-refractivity contribution in [1.82, 2.24) is 0 Å². The van der Waals surface area contributed by atoms with Crippen LogP contribution >= 0.6 is 12.2 Å². The van der Waals surface area contributed by atoms with E-state index in [1.807, 2.05) is 0 Å². The third-order valence-electron chi connectivity index (χ3n) is 2.96. The average molecular weight is 201 g/mol. The Hall–Kier alpha value is -0.190. The Kier molecular flexibility index (Phi) is 2.53. The minimum Gasteiger partial charge on any atom is -0.393 e. The van der Waals surface area contributed by atoms with Crippen LogP contribution in [0.25, 0.3) is 0 Å². The molecule has 4 heteroatoms. The first-order chi connectivity index (χ1) is 6.22. The Morgan fingerprint density at radius 2 is 1.77 bits per heavy atom. The molecule has 3 nitrogen and oxygen atoms in total. The number of thiocarbonyl (C=S) groups is 1. The lowest BCUT2D eigenvalue weighted by molar-refractivity contribution is -0.179. The van der Waals surface area contributed by atoms with Gasteiger partial charge in [0.05, 0.1) is 18.2 Å². The van der Waals surface area contributed by atoms with E-state index in [1.165, 1.54) is 0 Å². The first kappa shape index (κ1) is 9.37. The van der Waals surface area contributed by atoms with Crippen molar-refractivity contribution >= 4 is 17.2 Å². The number of nitrogens with two attached hydrogens (primary N) is 1. The van der Waals surface area contributed by atoms with Crippen molar-refractivity contribution in [2.24, 2.45) is 11.7 Å². The largest absolute Gasteiger partial charge is 0.393 e. The molecule has 1 heterocycles. The summed E-state index contributed by atoms with van der Waals surface area (Å²) in [7, 11) is 0. The van der Waals surface area contributed by atoms with E-state index in [4.69, 9.17) is 27.4 Å². The number of ether oxygens (including phenoxy) is 2. The molecule has 1 saturated carbocycles. The zero-order valence-corrected chi connectivity index (χ0v) is 8.44. The first-order valence-electron chi connectivity index (χ1n) is 4.79. The molecule has 1 aliphatic carbocycles. The minimum atomic E-state index is -0.277. The Morgan fingerprint density at radius 1 is 1.23 bits per heavy atom. The summed E-state index contributed by atoms with van der Waals surface area (Å²) < 4.78 is 11.2. The Balaban J connectivity index is 1.91. The minimum absolute atomic E-state index is 0.277. The maximum Gasteiger partial charge on any atom is 0.168 e. The summed E-state index contributed by atoms with van der Waals surface area (Å²) in [5.74, 6) is 0.120. The molecule has 2 fully saturated rings. The van der Waals surface area contributed by atoms with E-state index in [2.05, 4.69) is 0 Å². The van der Waals surface area contributed by atoms with Gasteiger partial charge in [-0.15, -0.1) is 0 Å². The van der Waals surface area contributed by atoms with Crippen LogP contribution in [0, 0.1) is 5.92 Å². The van der Waals surface area contributed by atoms with E-state index in [0.29, 0.717) is 10.9 Å². The van der Waals surface area contributed by atoms with Crippen molar-refractivity contribution in [3.8, 4) is 0 Å². The van der Waals surface area contributed by atoms with Crippen molar-refractivity contribution in [1.29, 1.82) is 0 Å². The van der Waals surface area contributed by atoms with Gasteiger partial charge in [0.15, 0.2) is 5.79 Å². The van der Waals surface area contributed by atoms with Gasteiger partial charge in [0, 0.05) is 18.8 Å². The molecule has 2 N–H and O–H groups in total.